The van der Waals surface area contributed by atoms with E-state index < -0.39 is 0 Å². The van der Waals surface area contributed by atoms with Crippen LogP contribution in [-0.4, -0.2) is 18.0 Å². The summed E-state index contributed by atoms with van der Waals surface area (Å²) in [6, 6.07) is 0. The lowest BCUT2D eigenvalue weighted by Crippen LogP contribution is -2.52. The SMILES string of the molecule is CC(CCN)C(=O)NC1(C)CCC1. The van der Waals surface area contributed by atoms with E-state index in [0.717, 1.165) is 19.3 Å². The van der Waals surface area contributed by atoms with Crippen molar-refractivity contribution in [2.45, 2.75) is 45.1 Å². The minimum absolute atomic E-state index is 0.0578. The van der Waals surface area contributed by atoms with Gasteiger partial charge in [0.1, 0.15) is 0 Å². The standard InChI is InChI=1S/C10H20N2O/c1-8(4-7-11)9(13)12-10(2)5-3-6-10/h8H,3-7,11H2,1-2H3,(H,12,13). The number of nitrogens with one attached hydrogen (secondary N) is 1. The van der Waals surface area contributed by atoms with Crippen LogP contribution in [0.5, 0.6) is 0 Å². The predicted molar refractivity (Wildman–Crippen MR) is 53.2 cm³/mol. The maximum absolute atomic E-state index is 11.6. The van der Waals surface area contributed by atoms with Crippen LogP contribution in [0.3, 0.4) is 0 Å². The maximum atomic E-state index is 11.6. The highest BCUT2D eigenvalue weighted by molar-refractivity contribution is 5.79. The lowest BCUT2D eigenvalue weighted by molar-refractivity contribution is -0.127. The summed E-state index contributed by atoms with van der Waals surface area (Å²) in [6.45, 7) is 4.64. The first kappa shape index (κ1) is 10.5. The zero-order valence-electron chi connectivity index (χ0n) is 8.60. The van der Waals surface area contributed by atoms with Crippen molar-refractivity contribution in [3.8, 4) is 0 Å². The van der Waals surface area contributed by atoms with Crippen molar-refractivity contribution in [1.82, 2.24) is 5.32 Å². The molecule has 1 aliphatic rings. The van der Waals surface area contributed by atoms with Gasteiger partial charge in [-0.2, -0.15) is 0 Å². The molecule has 13 heavy (non-hydrogen) atoms. The second kappa shape index (κ2) is 4.09. The zero-order valence-corrected chi connectivity index (χ0v) is 8.60. The summed E-state index contributed by atoms with van der Waals surface area (Å²) in [7, 11) is 0. The Morgan fingerprint density at radius 3 is 2.62 bits per heavy atom. The highest BCUT2D eigenvalue weighted by Gasteiger charge is 2.33. The lowest BCUT2D eigenvalue weighted by Gasteiger charge is -2.39. The van der Waals surface area contributed by atoms with Crippen LogP contribution in [0.1, 0.15) is 39.5 Å². The fourth-order valence-electron chi connectivity index (χ4n) is 1.63. The molecule has 76 valence electrons. The molecular formula is C10H20N2O. The van der Waals surface area contributed by atoms with Gasteiger partial charge in [-0.05, 0) is 39.2 Å². The van der Waals surface area contributed by atoms with Crippen molar-refractivity contribution in [2.24, 2.45) is 11.7 Å². The van der Waals surface area contributed by atoms with Crippen LogP contribution in [0.2, 0.25) is 0 Å². The molecule has 0 aromatic carbocycles. The van der Waals surface area contributed by atoms with Crippen LogP contribution < -0.4 is 11.1 Å². The van der Waals surface area contributed by atoms with Crippen molar-refractivity contribution >= 4 is 5.91 Å². The molecule has 1 rings (SSSR count). The summed E-state index contributed by atoms with van der Waals surface area (Å²) in [6.07, 6.45) is 4.26. The molecule has 0 bridgehead atoms. The molecule has 3 nitrogen and oxygen atoms in total. The second-order valence-corrected chi connectivity index (χ2v) is 4.38. The van der Waals surface area contributed by atoms with Gasteiger partial charge in [-0.25, -0.2) is 0 Å². The zero-order chi connectivity index (χ0) is 9.90. The molecule has 0 aromatic heterocycles. The van der Waals surface area contributed by atoms with E-state index in [0.29, 0.717) is 6.54 Å². The van der Waals surface area contributed by atoms with Gasteiger partial charge in [0.15, 0.2) is 0 Å². The van der Waals surface area contributed by atoms with E-state index in [1.54, 1.807) is 0 Å². The molecule has 1 unspecified atom stereocenters. The first-order chi connectivity index (χ1) is 6.07. The van der Waals surface area contributed by atoms with E-state index >= 15 is 0 Å². The van der Waals surface area contributed by atoms with Gasteiger partial charge in [-0.15, -0.1) is 0 Å². The van der Waals surface area contributed by atoms with E-state index in [1.807, 2.05) is 6.92 Å². The molecule has 3 N–H and O–H groups in total. The van der Waals surface area contributed by atoms with Crippen LogP contribution in [0.25, 0.3) is 0 Å². The van der Waals surface area contributed by atoms with Crippen LogP contribution >= 0.6 is 0 Å². The Bertz CT molecular complexity index is 187. The molecule has 1 saturated carbocycles. The van der Waals surface area contributed by atoms with Crippen LogP contribution in [-0.2, 0) is 4.79 Å². The summed E-state index contributed by atoms with van der Waals surface area (Å²) < 4.78 is 0. The van der Waals surface area contributed by atoms with E-state index in [4.69, 9.17) is 5.73 Å². The summed E-state index contributed by atoms with van der Waals surface area (Å²) in [5.41, 5.74) is 5.48. The van der Waals surface area contributed by atoms with Crippen LogP contribution in [0, 0.1) is 5.92 Å². The Balaban J connectivity index is 2.31. The van der Waals surface area contributed by atoms with Gasteiger partial charge in [0.2, 0.25) is 5.91 Å². The van der Waals surface area contributed by atoms with E-state index in [2.05, 4.69) is 12.2 Å². The third kappa shape index (κ3) is 2.69. The van der Waals surface area contributed by atoms with Gasteiger partial charge in [0, 0.05) is 11.5 Å². The normalized spacial score (nSPS) is 21.8. The third-order valence-corrected chi connectivity index (χ3v) is 2.93. The number of carbonyl (C=O) groups is 1. The second-order valence-electron chi connectivity index (χ2n) is 4.38. The van der Waals surface area contributed by atoms with Gasteiger partial charge in [0.05, 0.1) is 0 Å². The lowest BCUT2D eigenvalue weighted by atomic mass is 9.78. The number of rotatable bonds is 4. The van der Waals surface area contributed by atoms with Gasteiger partial charge >= 0.3 is 0 Å². The largest absolute Gasteiger partial charge is 0.351 e. The Hall–Kier alpha value is -0.570. The molecule has 3 heteroatoms. The van der Waals surface area contributed by atoms with Crippen LogP contribution in [0.15, 0.2) is 0 Å². The van der Waals surface area contributed by atoms with Crippen molar-refractivity contribution in [3.05, 3.63) is 0 Å². The van der Waals surface area contributed by atoms with Crippen molar-refractivity contribution in [1.29, 1.82) is 0 Å². The minimum Gasteiger partial charge on any atom is -0.351 e. The molecule has 0 aliphatic heterocycles. The van der Waals surface area contributed by atoms with Gasteiger partial charge in [0.25, 0.3) is 0 Å². The number of hydrogen-bond donors (Lipinski definition) is 2. The van der Waals surface area contributed by atoms with Crippen molar-refractivity contribution in [2.75, 3.05) is 6.54 Å². The van der Waals surface area contributed by atoms with Crippen LogP contribution in [0.4, 0.5) is 0 Å². The van der Waals surface area contributed by atoms with E-state index in [9.17, 15) is 4.79 Å². The fourth-order valence-corrected chi connectivity index (χ4v) is 1.63. The molecule has 1 aliphatic carbocycles. The van der Waals surface area contributed by atoms with E-state index in [1.165, 1.54) is 6.42 Å². The molecule has 0 spiro atoms. The molecule has 1 atom stereocenters. The van der Waals surface area contributed by atoms with Gasteiger partial charge in [-0.3, -0.25) is 4.79 Å². The highest BCUT2D eigenvalue weighted by Crippen LogP contribution is 2.31. The number of hydrogen-bond acceptors (Lipinski definition) is 2. The summed E-state index contributed by atoms with van der Waals surface area (Å²) in [4.78, 5) is 11.6. The quantitative estimate of drug-likeness (QED) is 0.685. The van der Waals surface area contributed by atoms with Gasteiger partial charge in [-0.1, -0.05) is 6.92 Å². The topological polar surface area (TPSA) is 55.1 Å². The number of nitrogens with two attached hydrogens (primary N) is 1. The first-order valence-corrected chi connectivity index (χ1v) is 5.09. The number of amides is 1. The molecule has 0 radical (unpaired) electrons. The monoisotopic (exact) mass is 184 g/mol. The average Bonchev–Trinajstić information content (AvgIpc) is 2.02. The number of carbonyl (C=O) groups excluding carboxylic acids is 1. The maximum Gasteiger partial charge on any atom is 0.223 e. The molecule has 0 saturated heterocycles. The Kier molecular flexibility index (Phi) is 3.31. The first-order valence-electron chi connectivity index (χ1n) is 5.09. The van der Waals surface area contributed by atoms with Crippen molar-refractivity contribution < 1.29 is 4.79 Å². The smallest absolute Gasteiger partial charge is 0.223 e. The molecule has 0 heterocycles. The predicted octanol–water partition coefficient (Wildman–Crippen LogP) is 1.03. The molecule has 1 amide bonds. The molecular weight excluding hydrogens is 164 g/mol. The summed E-state index contributed by atoms with van der Waals surface area (Å²) in [5.74, 6) is 0.218. The van der Waals surface area contributed by atoms with Crippen molar-refractivity contribution in [3.63, 3.8) is 0 Å². The average molecular weight is 184 g/mol. The Labute approximate surface area is 80.1 Å². The van der Waals surface area contributed by atoms with E-state index in [-0.39, 0.29) is 17.4 Å². The fraction of sp³-hybridized carbons (Fsp3) is 0.900. The minimum atomic E-state index is 0.0578. The third-order valence-electron chi connectivity index (χ3n) is 2.93. The highest BCUT2D eigenvalue weighted by atomic mass is 16.2. The molecule has 1 fully saturated rings. The van der Waals surface area contributed by atoms with Gasteiger partial charge < -0.3 is 11.1 Å². The Morgan fingerprint density at radius 2 is 2.23 bits per heavy atom. The Morgan fingerprint density at radius 1 is 1.62 bits per heavy atom. The summed E-state index contributed by atoms with van der Waals surface area (Å²) in [5, 5.41) is 3.08. The summed E-state index contributed by atoms with van der Waals surface area (Å²) >= 11 is 0. The molecule has 0 aromatic rings.